The molecule has 1 unspecified atom stereocenters. The van der Waals surface area contributed by atoms with Crippen LogP contribution >= 0.6 is 22.7 Å². The first-order valence-electron chi connectivity index (χ1n) is 5.78. The Hall–Kier alpha value is -1.20. The number of aryl methyl sites for hydroxylation is 1. The molecule has 2 aromatic heterocycles. The standard InChI is InChI=1S/C14H14N2S2/c1-9-6-7-17-14(9)13(16-15)12-8-10-4-2-3-5-11(10)18-12/h2-8,13,16H,15H2,1H3. The lowest BCUT2D eigenvalue weighted by Crippen LogP contribution is -2.27. The zero-order chi connectivity index (χ0) is 12.5. The Kier molecular flexibility index (Phi) is 3.18. The van der Waals surface area contributed by atoms with E-state index in [1.54, 1.807) is 22.7 Å². The number of nitrogens with one attached hydrogen (secondary N) is 1. The van der Waals surface area contributed by atoms with E-state index in [1.807, 2.05) is 0 Å². The smallest absolute Gasteiger partial charge is 0.0897 e. The first-order valence-corrected chi connectivity index (χ1v) is 7.48. The number of rotatable bonds is 3. The van der Waals surface area contributed by atoms with Crippen LogP contribution < -0.4 is 11.3 Å². The van der Waals surface area contributed by atoms with Gasteiger partial charge in [0.2, 0.25) is 0 Å². The fourth-order valence-corrected chi connectivity index (χ4v) is 4.33. The van der Waals surface area contributed by atoms with Crippen LogP contribution in [0.25, 0.3) is 10.1 Å². The van der Waals surface area contributed by atoms with Crippen molar-refractivity contribution in [2.75, 3.05) is 0 Å². The number of fused-ring (bicyclic) bond motifs is 1. The summed E-state index contributed by atoms with van der Waals surface area (Å²) in [6.45, 7) is 2.13. The highest BCUT2D eigenvalue weighted by Gasteiger charge is 2.18. The van der Waals surface area contributed by atoms with Crippen molar-refractivity contribution in [3.05, 3.63) is 57.1 Å². The number of hydrazine groups is 1. The van der Waals surface area contributed by atoms with Crippen molar-refractivity contribution in [2.45, 2.75) is 13.0 Å². The van der Waals surface area contributed by atoms with Crippen LogP contribution in [0.1, 0.15) is 21.4 Å². The predicted octanol–water partition coefficient (Wildman–Crippen LogP) is 3.82. The van der Waals surface area contributed by atoms with Crippen LogP contribution in [0, 0.1) is 6.92 Å². The molecule has 0 aliphatic heterocycles. The second-order valence-corrected chi connectivity index (χ2v) is 6.32. The van der Waals surface area contributed by atoms with Gasteiger partial charge in [-0.2, -0.15) is 0 Å². The Morgan fingerprint density at radius 1 is 1.22 bits per heavy atom. The van der Waals surface area contributed by atoms with Gasteiger partial charge >= 0.3 is 0 Å². The molecule has 3 rings (SSSR count). The number of nitrogens with two attached hydrogens (primary N) is 1. The van der Waals surface area contributed by atoms with Crippen molar-refractivity contribution in [3.8, 4) is 0 Å². The lowest BCUT2D eigenvalue weighted by atomic mass is 10.1. The van der Waals surface area contributed by atoms with Gasteiger partial charge in [-0.3, -0.25) is 5.84 Å². The topological polar surface area (TPSA) is 38.0 Å². The van der Waals surface area contributed by atoms with E-state index in [0.717, 1.165) is 0 Å². The summed E-state index contributed by atoms with van der Waals surface area (Å²) in [5, 5.41) is 3.40. The summed E-state index contributed by atoms with van der Waals surface area (Å²) in [5.74, 6) is 5.75. The average molecular weight is 274 g/mol. The molecule has 0 radical (unpaired) electrons. The van der Waals surface area contributed by atoms with Gasteiger partial charge in [-0.15, -0.1) is 22.7 Å². The Morgan fingerprint density at radius 3 is 2.72 bits per heavy atom. The Labute approximate surface area is 114 Å². The highest BCUT2D eigenvalue weighted by Crippen LogP contribution is 2.35. The molecule has 2 nitrogen and oxygen atoms in total. The van der Waals surface area contributed by atoms with Crippen molar-refractivity contribution in [3.63, 3.8) is 0 Å². The number of thiophene rings is 2. The molecule has 0 spiro atoms. The van der Waals surface area contributed by atoms with Gasteiger partial charge in [-0.05, 0) is 41.5 Å². The summed E-state index contributed by atoms with van der Waals surface area (Å²) >= 11 is 3.55. The molecule has 0 bridgehead atoms. The second kappa shape index (κ2) is 4.82. The van der Waals surface area contributed by atoms with Gasteiger partial charge in [0.15, 0.2) is 0 Å². The monoisotopic (exact) mass is 274 g/mol. The molecule has 1 aromatic carbocycles. The maximum Gasteiger partial charge on any atom is 0.0897 e. The summed E-state index contributed by atoms with van der Waals surface area (Å²) in [6, 6.07) is 12.9. The van der Waals surface area contributed by atoms with E-state index in [2.05, 4.69) is 54.1 Å². The van der Waals surface area contributed by atoms with Gasteiger partial charge in [0.25, 0.3) is 0 Å². The predicted molar refractivity (Wildman–Crippen MR) is 80.0 cm³/mol. The minimum atomic E-state index is 0.0994. The molecule has 2 heterocycles. The van der Waals surface area contributed by atoms with E-state index in [9.17, 15) is 0 Å². The third kappa shape index (κ3) is 1.97. The molecular weight excluding hydrogens is 260 g/mol. The Bertz CT molecular complexity index is 636. The molecule has 92 valence electrons. The molecule has 0 amide bonds. The fourth-order valence-electron chi connectivity index (χ4n) is 2.11. The third-order valence-electron chi connectivity index (χ3n) is 3.06. The lowest BCUT2D eigenvalue weighted by Gasteiger charge is -2.13. The lowest BCUT2D eigenvalue weighted by molar-refractivity contribution is 0.654. The SMILES string of the molecule is Cc1ccsc1C(NN)c1cc2ccccc2s1. The van der Waals surface area contributed by atoms with E-state index in [1.165, 1.54) is 25.4 Å². The summed E-state index contributed by atoms with van der Waals surface area (Å²) in [4.78, 5) is 2.56. The van der Waals surface area contributed by atoms with Gasteiger partial charge in [0, 0.05) is 14.5 Å². The Morgan fingerprint density at radius 2 is 2.06 bits per heavy atom. The van der Waals surface area contributed by atoms with Crippen molar-refractivity contribution >= 4 is 32.8 Å². The molecule has 0 aliphatic rings. The maximum atomic E-state index is 5.75. The van der Waals surface area contributed by atoms with Crippen LogP contribution in [-0.4, -0.2) is 0 Å². The fraction of sp³-hybridized carbons (Fsp3) is 0.143. The molecule has 0 saturated heterocycles. The minimum absolute atomic E-state index is 0.0994. The van der Waals surface area contributed by atoms with Crippen LogP contribution in [0.3, 0.4) is 0 Å². The summed E-state index contributed by atoms with van der Waals surface area (Å²) < 4.78 is 1.31. The minimum Gasteiger partial charge on any atom is -0.271 e. The van der Waals surface area contributed by atoms with Crippen molar-refractivity contribution in [2.24, 2.45) is 5.84 Å². The summed E-state index contributed by atoms with van der Waals surface area (Å²) in [5.41, 5.74) is 4.24. The number of benzene rings is 1. The molecule has 0 aliphatic carbocycles. The molecule has 4 heteroatoms. The van der Waals surface area contributed by atoms with E-state index < -0.39 is 0 Å². The molecule has 3 aromatic rings. The molecular formula is C14H14N2S2. The van der Waals surface area contributed by atoms with E-state index in [0.29, 0.717) is 0 Å². The normalized spacial score (nSPS) is 13.0. The molecule has 18 heavy (non-hydrogen) atoms. The molecule has 0 saturated carbocycles. The molecule has 3 N–H and O–H groups in total. The molecule has 0 fully saturated rings. The van der Waals surface area contributed by atoms with Gasteiger partial charge < -0.3 is 0 Å². The zero-order valence-electron chi connectivity index (χ0n) is 10.0. The zero-order valence-corrected chi connectivity index (χ0v) is 11.6. The van der Waals surface area contributed by atoms with Crippen molar-refractivity contribution < 1.29 is 0 Å². The summed E-state index contributed by atoms with van der Waals surface area (Å²) in [6.07, 6.45) is 0. The Balaban J connectivity index is 2.09. The first-order chi connectivity index (χ1) is 8.79. The van der Waals surface area contributed by atoms with Gasteiger partial charge in [-0.25, -0.2) is 5.43 Å². The second-order valence-electron chi connectivity index (χ2n) is 4.25. The van der Waals surface area contributed by atoms with Gasteiger partial charge in [-0.1, -0.05) is 18.2 Å². The van der Waals surface area contributed by atoms with Crippen molar-refractivity contribution in [1.29, 1.82) is 0 Å². The third-order valence-corrected chi connectivity index (χ3v) is 5.32. The quantitative estimate of drug-likeness (QED) is 0.563. The van der Waals surface area contributed by atoms with Crippen LogP contribution in [0.4, 0.5) is 0 Å². The number of hydrogen-bond donors (Lipinski definition) is 2. The highest BCUT2D eigenvalue weighted by molar-refractivity contribution is 7.19. The van der Waals surface area contributed by atoms with Crippen LogP contribution in [0.5, 0.6) is 0 Å². The van der Waals surface area contributed by atoms with Crippen molar-refractivity contribution in [1.82, 2.24) is 5.43 Å². The van der Waals surface area contributed by atoms with Crippen LogP contribution in [0.15, 0.2) is 41.8 Å². The van der Waals surface area contributed by atoms with Crippen LogP contribution in [0.2, 0.25) is 0 Å². The highest BCUT2D eigenvalue weighted by atomic mass is 32.1. The summed E-state index contributed by atoms with van der Waals surface area (Å²) in [7, 11) is 0. The van der Waals surface area contributed by atoms with E-state index in [4.69, 9.17) is 5.84 Å². The number of hydrogen-bond acceptors (Lipinski definition) is 4. The van der Waals surface area contributed by atoms with Gasteiger partial charge in [0.05, 0.1) is 6.04 Å². The average Bonchev–Trinajstić information content (AvgIpc) is 2.97. The van der Waals surface area contributed by atoms with E-state index in [-0.39, 0.29) is 6.04 Å². The molecule has 1 atom stereocenters. The van der Waals surface area contributed by atoms with Crippen LogP contribution in [-0.2, 0) is 0 Å². The first kappa shape index (κ1) is 11.9. The largest absolute Gasteiger partial charge is 0.271 e. The van der Waals surface area contributed by atoms with Gasteiger partial charge in [0.1, 0.15) is 0 Å². The van der Waals surface area contributed by atoms with E-state index >= 15 is 0 Å². The maximum absolute atomic E-state index is 5.75.